The van der Waals surface area contributed by atoms with E-state index in [0.29, 0.717) is 0 Å². The second-order valence-corrected chi connectivity index (χ2v) is 7.54. The van der Waals surface area contributed by atoms with Crippen molar-refractivity contribution >= 4 is 6.09 Å². The van der Waals surface area contributed by atoms with Gasteiger partial charge < -0.3 is 15.2 Å². The van der Waals surface area contributed by atoms with E-state index in [9.17, 15) is 9.90 Å². The maximum Gasteiger partial charge on any atom is 0.407 e. The summed E-state index contributed by atoms with van der Waals surface area (Å²) in [5.74, 6) is 0.367. The van der Waals surface area contributed by atoms with Crippen LogP contribution in [0, 0.1) is 11.8 Å². The van der Waals surface area contributed by atoms with Gasteiger partial charge >= 0.3 is 6.09 Å². The lowest BCUT2D eigenvalue weighted by Gasteiger charge is -2.43. The standard InChI is InChI=1S/C22H25NO3/c24-21(26-15-16-7-3-1-4-8-16)23-20-13-18-11-12-19(14-20)22(18,25)17-9-5-2-6-10-17/h1-10,18-20,25H,11-15H2,(H,23,24). The van der Waals surface area contributed by atoms with E-state index < -0.39 is 5.60 Å². The van der Waals surface area contributed by atoms with E-state index in [1.54, 1.807) is 0 Å². The summed E-state index contributed by atoms with van der Waals surface area (Å²) in [7, 11) is 0. The Bertz CT molecular complexity index is 732. The molecule has 2 aromatic carbocycles. The summed E-state index contributed by atoms with van der Waals surface area (Å²) in [6.07, 6.45) is 3.23. The number of nitrogens with one attached hydrogen (secondary N) is 1. The van der Waals surface area contributed by atoms with E-state index in [2.05, 4.69) is 5.32 Å². The molecule has 0 aliphatic heterocycles. The third-order valence-electron chi connectivity index (χ3n) is 6.02. The molecule has 1 amide bonds. The van der Waals surface area contributed by atoms with E-state index >= 15 is 0 Å². The molecule has 2 bridgehead atoms. The quantitative estimate of drug-likeness (QED) is 0.876. The van der Waals surface area contributed by atoms with Crippen molar-refractivity contribution in [3.05, 3.63) is 71.8 Å². The molecule has 0 radical (unpaired) electrons. The first kappa shape index (κ1) is 17.1. The van der Waals surface area contributed by atoms with Gasteiger partial charge in [-0.25, -0.2) is 4.79 Å². The summed E-state index contributed by atoms with van der Waals surface area (Å²) in [4.78, 5) is 12.2. The second-order valence-electron chi connectivity index (χ2n) is 7.54. The first-order chi connectivity index (χ1) is 12.7. The minimum absolute atomic E-state index is 0.0692. The van der Waals surface area contributed by atoms with Gasteiger partial charge in [-0.3, -0.25) is 0 Å². The van der Waals surface area contributed by atoms with Gasteiger partial charge in [0.15, 0.2) is 0 Å². The van der Waals surface area contributed by atoms with Crippen LogP contribution in [0.5, 0.6) is 0 Å². The van der Waals surface area contributed by atoms with Crippen molar-refractivity contribution in [3.8, 4) is 0 Å². The lowest BCUT2D eigenvalue weighted by Crippen LogP contribution is -2.49. The highest BCUT2D eigenvalue weighted by Crippen LogP contribution is 2.55. The Labute approximate surface area is 154 Å². The molecule has 26 heavy (non-hydrogen) atoms. The van der Waals surface area contributed by atoms with Crippen LogP contribution in [0.2, 0.25) is 0 Å². The molecule has 4 nitrogen and oxygen atoms in total. The average molecular weight is 351 g/mol. The molecule has 2 aliphatic rings. The first-order valence-electron chi connectivity index (χ1n) is 9.41. The highest BCUT2D eigenvalue weighted by atomic mass is 16.5. The van der Waals surface area contributed by atoms with Gasteiger partial charge in [0.2, 0.25) is 0 Å². The minimum atomic E-state index is -0.757. The fraction of sp³-hybridized carbons (Fsp3) is 0.409. The van der Waals surface area contributed by atoms with Crippen molar-refractivity contribution in [1.29, 1.82) is 0 Å². The van der Waals surface area contributed by atoms with Crippen LogP contribution in [0.1, 0.15) is 36.8 Å². The van der Waals surface area contributed by atoms with Gasteiger partial charge in [-0.1, -0.05) is 60.7 Å². The zero-order chi connectivity index (χ0) is 18.0. The Morgan fingerprint density at radius 2 is 1.58 bits per heavy atom. The van der Waals surface area contributed by atoms with E-state index in [-0.39, 0.29) is 30.6 Å². The third kappa shape index (κ3) is 3.21. The smallest absolute Gasteiger partial charge is 0.407 e. The van der Waals surface area contributed by atoms with Crippen LogP contribution in [0.3, 0.4) is 0 Å². The molecule has 4 heteroatoms. The zero-order valence-corrected chi connectivity index (χ0v) is 14.8. The Balaban J connectivity index is 1.36. The van der Waals surface area contributed by atoms with Gasteiger partial charge in [0.25, 0.3) is 0 Å². The maximum absolute atomic E-state index is 12.2. The van der Waals surface area contributed by atoms with E-state index in [0.717, 1.165) is 36.8 Å². The average Bonchev–Trinajstić information content (AvgIpc) is 2.85. The van der Waals surface area contributed by atoms with Crippen LogP contribution in [0.25, 0.3) is 0 Å². The largest absolute Gasteiger partial charge is 0.445 e. The molecule has 2 N–H and O–H groups in total. The molecule has 2 aromatic rings. The predicted octanol–water partition coefficient (Wildman–Crippen LogP) is 3.99. The van der Waals surface area contributed by atoms with Crippen molar-refractivity contribution in [3.63, 3.8) is 0 Å². The van der Waals surface area contributed by atoms with E-state index in [4.69, 9.17) is 4.74 Å². The number of ether oxygens (including phenoxy) is 1. The molecule has 4 rings (SSSR count). The van der Waals surface area contributed by atoms with E-state index in [1.165, 1.54) is 0 Å². The van der Waals surface area contributed by atoms with Gasteiger partial charge in [0.05, 0.1) is 5.60 Å². The summed E-state index contributed by atoms with van der Waals surface area (Å²) >= 11 is 0. The van der Waals surface area contributed by atoms with Crippen molar-refractivity contribution in [2.24, 2.45) is 11.8 Å². The third-order valence-corrected chi connectivity index (χ3v) is 6.02. The van der Waals surface area contributed by atoms with Crippen molar-refractivity contribution in [2.75, 3.05) is 0 Å². The number of fused-ring (bicyclic) bond motifs is 2. The summed E-state index contributed by atoms with van der Waals surface area (Å²) in [5, 5.41) is 14.4. The molecular weight excluding hydrogens is 326 g/mol. The van der Waals surface area contributed by atoms with Gasteiger partial charge in [-0.2, -0.15) is 0 Å². The second kappa shape index (κ2) is 7.12. The first-order valence-corrected chi connectivity index (χ1v) is 9.41. The lowest BCUT2D eigenvalue weighted by atomic mass is 9.69. The van der Waals surface area contributed by atoms with Crippen LogP contribution < -0.4 is 5.32 Å². The van der Waals surface area contributed by atoms with Crippen molar-refractivity contribution < 1.29 is 14.6 Å². The number of alkyl carbamates (subject to hydrolysis) is 1. The molecule has 2 unspecified atom stereocenters. The summed E-state index contributed by atoms with van der Waals surface area (Å²) in [5.41, 5.74) is 1.23. The number of benzene rings is 2. The summed E-state index contributed by atoms with van der Waals surface area (Å²) in [6.45, 7) is 0.278. The molecular formula is C22H25NO3. The fourth-order valence-corrected chi connectivity index (χ4v) is 4.78. The van der Waals surface area contributed by atoms with Crippen LogP contribution >= 0.6 is 0 Å². The summed E-state index contributed by atoms with van der Waals surface area (Å²) < 4.78 is 5.35. The van der Waals surface area contributed by atoms with Gasteiger partial charge in [-0.15, -0.1) is 0 Å². The van der Waals surface area contributed by atoms with Gasteiger partial charge in [0, 0.05) is 6.04 Å². The maximum atomic E-state index is 12.2. The minimum Gasteiger partial charge on any atom is -0.445 e. The zero-order valence-electron chi connectivity index (χ0n) is 14.8. The molecule has 2 fully saturated rings. The number of aliphatic hydroxyl groups is 1. The van der Waals surface area contributed by atoms with Crippen molar-refractivity contribution in [1.82, 2.24) is 5.32 Å². The topological polar surface area (TPSA) is 58.6 Å². The molecule has 2 atom stereocenters. The normalized spacial score (nSPS) is 30.0. The monoisotopic (exact) mass is 351 g/mol. The van der Waals surface area contributed by atoms with Crippen LogP contribution in [-0.2, 0) is 16.9 Å². The van der Waals surface area contributed by atoms with Gasteiger partial charge in [-0.05, 0) is 48.6 Å². The Kier molecular flexibility index (Phi) is 4.68. The summed E-state index contributed by atoms with van der Waals surface area (Å²) in [6, 6.07) is 19.7. The Morgan fingerprint density at radius 1 is 1.00 bits per heavy atom. The Hall–Kier alpha value is -2.33. The molecule has 0 saturated heterocycles. The van der Waals surface area contributed by atoms with E-state index in [1.807, 2.05) is 60.7 Å². The molecule has 0 heterocycles. The number of rotatable bonds is 4. The molecule has 136 valence electrons. The highest BCUT2D eigenvalue weighted by Gasteiger charge is 2.54. The molecule has 2 saturated carbocycles. The predicted molar refractivity (Wildman–Crippen MR) is 99.3 cm³/mol. The molecule has 0 spiro atoms. The van der Waals surface area contributed by atoms with Crippen LogP contribution in [-0.4, -0.2) is 17.2 Å². The highest BCUT2D eigenvalue weighted by molar-refractivity contribution is 5.67. The number of hydrogen-bond donors (Lipinski definition) is 2. The van der Waals surface area contributed by atoms with Crippen LogP contribution in [0.4, 0.5) is 4.79 Å². The number of carbonyl (C=O) groups is 1. The lowest BCUT2D eigenvalue weighted by molar-refractivity contribution is -0.0732. The van der Waals surface area contributed by atoms with Crippen molar-refractivity contribution in [2.45, 2.75) is 43.9 Å². The fourth-order valence-electron chi connectivity index (χ4n) is 4.78. The van der Waals surface area contributed by atoms with Gasteiger partial charge in [0.1, 0.15) is 6.61 Å². The van der Waals surface area contributed by atoms with Crippen LogP contribution in [0.15, 0.2) is 60.7 Å². The Morgan fingerprint density at radius 3 is 2.19 bits per heavy atom. The SMILES string of the molecule is O=C(NC1CC2CCC(C1)C2(O)c1ccccc1)OCc1ccccc1. The molecule has 0 aromatic heterocycles. The number of carbonyl (C=O) groups excluding carboxylic acids is 1. The number of amides is 1. The number of hydrogen-bond acceptors (Lipinski definition) is 3. The molecule has 2 aliphatic carbocycles.